The highest BCUT2D eigenvalue weighted by Crippen LogP contribution is 2.27. The van der Waals surface area contributed by atoms with Crippen LogP contribution in [0.5, 0.6) is 0 Å². The molecule has 4 heteroatoms. The molecular formula is C13H21ClN2O. The molecule has 0 radical (unpaired) electrons. The van der Waals surface area contributed by atoms with Crippen molar-refractivity contribution in [2.24, 2.45) is 5.92 Å². The summed E-state index contributed by atoms with van der Waals surface area (Å²) in [7, 11) is 1.67. The Bertz CT molecular complexity index is 385. The first-order valence-corrected chi connectivity index (χ1v) is 6.21. The van der Waals surface area contributed by atoms with Crippen molar-refractivity contribution >= 4 is 11.6 Å². The summed E-state index contributed by atoms with van der Waals surface area (Å²) >= 11 is 6.06. The van der Waals surface area contributed by atoms with Crippen molar-refractivity contribution < 1.29 is 4.74 Å². The van der Waals surface area contributed by atoms with Gasteiger partial charge in [0.15, 0.2) is 5.82 Å². The predicted octanol–water partition coefficient (Wildman–Crippen LogP) is 3.77. The lowest BCUT2D eigenvalue weighted by Gasteiger charge is -2.22. The van der Waals surface area contributed by atoms with Crippen molar-refractivity contribution in [3.8, 4) is 0 Å². The van der Waals surface area contributed by atoms with E-state index in [0.717, 1.165) is 5.69 Å². The Morgan fingerprint density at radius 3 is 2.24 bits per heavy atom. The van der Waals surface area contributed by atoms with Crippen LogP contribution in [0.25, 0.3) is 0 Å². The maximum atomic E-state index is 6.06. The number of hydrogen-bond donors (Lipinski definition) is 0. The fraction of sp³-hybridized carbons (Fsp3) is 0.692. The maximum absolute atomic E-state index is 6.06. The van der Waals surface area contributed by atoms with E-state index in [9.17, 15) is 0 Å². The maximum Gasteiger partial charge on any atom is 0.159 e. The summed E-state index contributed by atoms with van der Waals surface area (Å²) in [5, 5.41) is 0.475. The second-order valence-electron chi connectivity index (χ2n) is 5.58. The van der Waals surface area contributed by atoms with E-state index in [1.54, 1.807) is 7.11 Å². The van der Waals surface area contributed by atoms with Gasteiger partial charge in [-0.1, -0.05) is 46.2 Å². The second kappa shape index (κ2) is 5.32. The van der Waals surface area contributed by atoms with Crippen LogP contribution in [0, 0.1) is 5.92 Å². The van der Waals surface area contributed by atoms with Crippen molar-refractivity contribution in [3.63, 3.8) is 0 Å². The van der Waals surface area contributed by atoms with Gasteiger partial charge in [-0.3, -0.25) is 0 Å². The fourth-order valence-electron chi connectivity index (χ4n) is 1.62. The Hall–Kier alpha value is -0.670. The molecule has 0 aliphatic carbocycles. The first kappa shape index (κ1) is 14.4. The van der Waals surface area contributed by atoms with E-state index in [-0.39, 0.29) is 11.5 Å². The van der Waals surface area contributed by atoms with Crippen LogP contribution in [0.2, 0.25) is 5.15 Å². The number of aromatic nitrogens is 2. The van der Waals surface area contributed by atoms with E-state index in [1.165, 1.54) is 0 Å². The second-order valence-corrected chi connectivity index (χ2v) is 5.97. The van der Waals surface area contributed by atoms with E-state index in [2.05, 4.69) is 44.6 Å². The van der Waals surface area contributed by atoms with Gasteiger partial charge in [0.25, 0.3) is 0 Å². The Morgan fingerprint density at radius 1 is 1.24 bits per heavy atom. The number of nitrogens with zero attached hydrogens (tertiary/aromatic N) is 2. The Kier molecular flexibility index (Phi) is 4.50. The van der Waals surface area contributed by atoms with Gasteiger partial charge in [0.2, 0.25) is 0 Å². The number of methoxy groups -OCH3 is 1. The Balaban J connectivity index is 3.21. The summed E-state index contributed by atoms with van der Waals surface area (Å²) in [6.45, 7) is 10.5. The molecular weight excluding hydrogens is 236 g/mol. The lowest BCUT2D eigenvalue weighted by Crippen LogP contribution is -2.19. The molecule has 17 heavy (non-hydrogen) atoms. The molecule has 0 bridgehead atoms. The summed E-state index contributed by atoms with van der Waals surface area (Å²) in [4.78, 5) is 8.85. The molecule has 1 rings (SSSR count). The van der Waals surface area contributed by atoms with Crippen LogP contribution in [0.3, 0.4) is 0 Å². The molecule has 1 aromatic rings. The normalized spacial score (nSPS) is 14.1. The van der Waals surface area contributed by atoms with Crippen LogP contribution < -0.4 is 0 Å². The van der Waals surface area contributed by atoms with Gasteiger partial charge in [-0.05, 0) is 12.0 Å². The summed E-state index contributed by atoms with van der Waals surface area (Å²) < 4.78 is 5.44. The van der Waals surface area contributed by atoms with Crippen molar-refractivity contribution in [2.75, 3.05) is 7.11 Å². The minimum Gasteiger partial charge on any atom is -0.373 e. The van der Waals surface area contributed by atoms with Crippen LogP contribution in [0.15, 0.2) is 6.07 Å². The molecule has 0 fully saturated rings. The van der Waals surface area contributed by atoms with E-state index >= 15 is 0 Å². The van der Waals surface area contributed by atoms with Crippen LogP contribution >= 0.6 is 11.6 Å². The number of rotatable bonds is 3. The zero-order valence-electron chi connectivity index (χ0n) is 11.4. The Labute approximate surface area is 109 Å². The minimum absolute atomic E-state index is 0.0450. The molecule has 0 amide bonds. The van der Waals surface area contributed by atoms with Crippen molar-refractivity contribution in [1.29, 1.82) is 0 Å². The average molecular weight is 257 g/mol. The van der Waals surface area contributed by atoms with E-state index in [0.29, 0.717) is 16.9 Å². The molecule has 0 aliphatic rings. The highest BCUT2D eigenvalue weighted by Gasteiger charge is 2.23. The molecule has 0 saturated heterocycles. The van der Waals surface area contributed by atoms with E-state index in [1.807, 2.05) is 6.07 Å². The van der Waals surface area contributed by atoms with Crippen LogP contribution in [0.4, 0.5) is 0 Å². The molecule has 1 aromatic heterocycles. The average Bonchev–Trinajstić information content (AvgIpc) is 2.15. The molecule has 0 aromatic carbocycles. The molecule has 96 valence electrons. The quantitative estimate of drug-likeness (QED) is 0.772. The lowest BCUT2D eigenvalue weighted by molar-refractivity contribution is 0.0571. The number of ether oxygens (including phenoxy) is 1. The topological polar surface area (TPSA) is 35.0 Å². The largest absolute Gasteiger partial charge is 0.373 e. The minimum atomic E-state index is -0.116. The lowest BCUT2D eigenvalue weighted by atomic mass is 9.92. The summed E-state index contributed by atoms with van der Waals surface area (Å²) in [6, 6.07) is 1.82. The molecule has 3 nitrogen and oxygen atoms in total. The van der Waals surface area contributed by atoms with Crippen molar-refractivity contribution in [2.45, 2.75) is 46.1 Å². The van der Waals surface area contributed by atoms with Crippen LogP contribution in [-0.2, 0) is 10.2 Å². The van der Waals surface area contributed by atoms with Gasteiger partial charge < -0.3 is 4.74 Å². The zero-order valence-corrected chi connectivity index (χ0v) is 12.2. The summed E-state index contributed by atoms with van der Waals surface area (Å²) in [5.41, 5.74) is 0.895. The van der Waals surface area contributed by atoms with Gasteiger partial charge in [-0.15, -0.1) is 0 Å². The summed E-state index contributed by atoms with van der Waals surface area (Å²) in [6.07, 6.45) is -0.116. The van der Waals surface area contributed by atoms with Gasteiger partial charge >= 0.3 is 0 Å². The smallest absolute Gasteiger partial charge is 0.159 e. The van der Waals surface area contributed by atoms with Crippen LogP contribution in [0.1, 0.15) is 52.2 Å². The van der Waals surface area contributed by atoms with Crippen molar-refractivity contribution in [1.82, 2.24) is 9.97 Å². The standard InChI is InChI=1S/C13H21ClN2O/c1-8(2)11(17-6)12-15-9(13(3,4)5)7-10(14)16-12/h7-8,11H,1-6H3. The number of halogens is 1. The highest BCUT2D eigenvalue weighted by molar-refractivity contribution is 6.29. The van der Waals surface area contributed by atoms with Crippen molar-refractivity contribution in [3.05, 3.63) is 22.7 Å². The molecule has 1 unspecified atom stereocenters. The molecule has 1 heterocycles. The zero-order chi connectivity index (χ0) is 13.2. The highest BCUT2D eigenvalue weighted by atomic mass is 35.5. The first-order chi connectivity index (χ1) is 7.75. The third kappa shape index (κ3) is 3.65. The molecule has 0 N–H and O–H groups in total. The summed E-state index contributed by atoms with van der Waals surface area (Å²) in [5.74, 6) is 0.978. The molecule has 1 atom stereocenters. The monoisotopic (exact) mass is 256 g/mol. The molecule has 0 aliphatic heterocycles. The van der Waals surface area contributed by atoms with Gasteiger partial charge in [-0.25, -0.2) is 9.97 Å². The van der Waals surface area contributed by atoms with Gasteiger partial charge in [0.05, 0.1) is 5.69 Å². The number of hydrogen-bond acceptors (Lipinski definition) is 3. The third-order valence-electron chi connectivity index (χ3n) is 2.59. The van der Waals surface area contributed by atoms with E-state index < -0.39 is 0 Å². The Morgan fingerprint density at radius 2 is 1.82 bits per heavy atom. The third-order valence-corrected chi connectivity index (χ3v) is 2.79. The van der Waals surface area contributed by atoms with Gasteiger partial charge in [-0.2, -0.15) is 0 Å². The van der Waals surface area contributed by atoms with Gasteiger partial charge in [0, 0.05) is 12.5 Å². The van der Waals surface area contributed by atoms with Crippen LogP contribution in [-0.4, -0.2) is 17.1 Å². The first-order valence-electron chi connectivity index (χ1n) is 5.83. The van der Waals surface area contributed by atoms with Gasteiger partial charge in [0.1, 0.15) is 11.3 Å². The molecule has 0 spiro atoms. The predicted molar refractivity (Wildman–Crippen MR) is 70.3 cm³/mol. The van der Waals surface area contributed by atoms with E-state index in [4.69, 9.17) is 16.3 Å². The SMILES string of the molecule is COC(c1nc(Cl)cc(C(C)(C)C)n1)C(C)C. The molecule has 0 saturated carbocycles. The fourth-order valence-corrected chi connectivity index (χ4v) is 1.81.